The summed E-state index contributed by atoms with van der Waals surface area (Å²) in [5.74, 6) is 1.38. The van der Waals surface area contributed by atoms with E-state index in [1.165, 1.54) is 0 Å². The van der Waals surface area contributed by atoms with Crippen LogP contribution in [0.4, 0.5) is 0 Å². The number of imidazole rings is 1. The Hall–Kier alpha value is -3.06. The molecule has 22 heavy (non-hydrogen) atoms. The Balaban J connectivity index is 2.16. The number of aryl methyl sites for hydroxylation is 1. The molecule has 0 N–H and O–H groups in total. The van der Waals surface area contributed by atoms with E-state index in [1.807, 2.05) is 60.1 Å². The lowest BCUT2D eigenvalue weighted by Crippen LogP contribution is -1.96. The van der Waals surface area contributed by atoms with Crippen LogP contribution in [0.3, 0.4) is 0 Å². The second-order valence-corrected chi connectivity index (χ2v) is 4.89. The Kier molecular flexibility index (Phi) is 3.63. The number of aromatic nitrogens is 2. The average molecular weight is 289 g/mol. The highest BCUT2D eigenvalue weighted by Gasteiger charge is 2.12. The van der Waals surface area contributed by atoms with E-state index in [0.717, 1.165) is 22.3 Å². The predicted molar refractivity (Wildman–Crippen MR) is 87.2 cm³/mol. The van der Waals surface area contributed by atoms with E-state index in [2.05, 4.69) is 11.1 Å². The van der Waals surface area contributed by atoms with Gasteiger partial charge in [0.05, 0.1) is 23.7 Å². The molecule has 0 fully saturated rings. The molecule has 0 bridgehead atoms. The second kappa shape index (κ2) is 5.74. The first-order valence-corrected chi connectivity index (χ1v) is 6.91. The zero-order valence-corrected chi connectivity index (χ0v) is 12.4. The molecule has 0 saturated heterocycles. The zero-order chi connectivity index (χ0) is 15.5. The number of methoxy groups -OCH3 is 1. The number of nitriles is 1. The Morgan fingerprint density at radius 2 is 1.91 bits per heavy atom. The average Bonchev–Trinajstić information content (AvgIpc) is 2.90. The van der Waals surface area contributed by atoms with Crippen molar-refractivity contribution < 1.29 is 4.74 Å². The van der Waals surface area contributed by atoms with Crippen LogP contribution in [0.15, 0.2) is 48.5 Å². The van der Waals surface area contributed by atoms with E-state index in [1.54, 1.807) is 13.2 Å². The lowest BCUT2D eigenvalue weighted by molar-refractivity contribution is 0.414. The first-order chi connectivity index (χ1) is 10.7. The number of fused-ring (bicyclic) bond motifs is 1. The molecule has 108 valence electrons. The molecular weight excluding hydrogens is 274 g/mol. The van der Waals surface area contributed by atoms with Gasteiger partial charge >= 0.3 is 0 Å². The summed E-state index contributed by atoms with van der Waals surface area (Å²) in [6.07, 6.45) is 1.81. The zero-order valence-electron chi connectivity index (χ0n) is 12.4. The van der Waals surface area contributed by atoms with Crippen LogP contribution in [0.1, 0.15) is 11.4 Å². The Morgan fingerprint density at radius 1 is 1.18 bits per heavy atom. The minimum atomic E-state index is 0.503. The topological polar surface area (TPSA) is 50.8 Å². The lowest BCUT2D eigenvalue weighted by Gasteiger charge is -2.05. The maximum absolute atomic E-state index is 9.54. The normalized spacial score (nSPS) is 11.4. The third-order valence-electron chi connectivity index (χ3n) is 3.59. The number of hydrogen-bond donors (Lipinski definition) is 0. The second-order valence-electron chi connectivity index (χ2n) is 4.89. The number of ether oxygens (including phenoxy) is 1. The van der Waals surface area contributed by atoms with Crippen molar-refractivity contribution in [3.63, 3.8) is 0 Å². The van der Waals surface area contributed by atoms with Crippen LogP contribution in [0.2, 0.25) is 0 Å². The fourth-order valence-electron chi connectivity index (χ4n) is 2.47. The Morgan fingerprint density at radius 3 is 2.64 bits per heavy atom. The summed E-state index contributed by atoms with van der Waals surface area (Å²) >= 11 is 0. The highest BCUT2D eigenvalue weighted by molar-refractivity contribution is 5.91. The smallest absolute Gasteiger partial charge is 0.151 e. The van der Waals surface area contributed by atoms with Crippen molar-refractivity contribution in [1.82, 2.24) is 9.55 Å². The van der Waals surface area contributed by atoms with Gasteiger partial charge in [-0.3, -0.25) is 0 Å². The molecule has 0 atom stereocenters. The van der Waals surface area contributed by atoms with Gasteiger partial charge < -0.3 is 9.30 Å². The summed E-state index contributed by atoms with van der Waals surface area (Å²) in [6.45, 7) is 0. The number of benzene rings is 2. The molecule has 1 aromatic heterocycles. The molecule has 2 aromatic carbocycles. The Bertz CT molecular complexity index is 900. The minimum absolute atomic E-state index is 0.503. The van der Waals surface area contributed by atoms with Gasteiger partial charge in [-0.05, 0) is 24.3 Å². The summed E-state index contributed by atoms with van der Waals surface area (Å²) in [5, 5.41) is 9.54. The molecular formula is C18H15N3O. The van der Waals surface area contributed by atoms with E-state index >= 15 is 0 Å². The summed E-state index contributed by atoms with van der Waals surface area (Å²) in [7, 11) is 3.53. The van der Waals surface area contributed by atoms with Crippen LogP contribution < -0.4 is 4.74 Å². The first-order valence-electron chi connectivity index (χ1n) is 6.91. The third-order valence-corrected chi connectivity index (χ3v) is 3.59. The van der Waals surface area contributed by atoms with E-state index in [0.29, 0.717) is 11.4 Å². The van der Waals surface area contributed by atoms with Gasteiger partial charge in [-0.2, -0.15) is 5.26 Å². The SMILES string of the molecule is COc1ccccc1/C=C(\C#N)c1nc2ccccc2n1C. The van der Waals surface area contributed by atoms with Gasteiger partial charge in [0.15, 0.2) is 5.82 Å². The van der Waals surface area contributed by atoms with Crippen LogP contribution in [0.5, 0.6) is 5.75 Å². The molecule has 3 aromatic rings. The van der Waals surface area contributed by atoms with Crippen molar-refractivity contribution in [2.24, 2.45) is 7.05 Å². The first kappa shape index (κ1) is 13.9. The van der Waals surface area contributed by atoms with Crippen LogP contribution >= 0.6 is 0 Å². The van der Waals surface area contributed by atoms with Crippen molar-refractivity contribution in [2.45, 2.75) is 0 Å². The number of nitrogens with zero attached hydrogens (tertiary/aromatic N) is 3. The molecule has 0 aliphatic heterocycles. The Labute approximate surface area is 128 Å². The monoisotopic (exact) mass is 289 g/mol. The summed E-state index contributed by atoms with van der Waals surface area (Å²) in [4.78, 5) is 4.57. The quantitative estimate of drug-likeness (QED) is 0.692. The van der Waals surface area contributed by atoms with Crippen molar-refractivity contribution in [3.05, 3.63) is 59.9 Å². The lowest BCUT2D eigenvalue weighted by atomic mass is 10.1. The van der Waals surface area contributed by atoms with Crippen LogP contribution in [0.25, 0.3) is 22.7 Å². The fraction of sp³-hybridized carbons (Fsp3) is 0.111. The van der Waals surface area contributed by atoms with Gasteiger partial charge in [0.25, 0.3) is 0 Å². The largest absolute Gasteiger partial charge is 0.496 e. The van der Waals surface area contributed by atoms with Crippen LogP contribution in [0, 0.1) is 11.3 Å². The van der Waals surface area contributed by atoms with Crippen LogP contribution in [-0.4, -0.2) is 16.7 Å². The maximum atomic E-state index is 9.54. The predicted octanol–water partition coefficient (Wildman–Crippen LogP) is 3.65. The van der Waals surface area contributed by atoms with E-state index in [9.17, 15) is 5.26 Å². The summed E-state index contributed by atoms with van der Waals surface area (Å²) in [6, 6.07) is 17.7. The summed E-state index contributed by atoms with van der Waals surface area (Å²) < 4.78 is 7.26. The number of allylic oxidation sites excluding steroid dienone is 1. The van der Waals surface area contributed by atoms with Crippen molar-refractivity contribution >= 4 is 22.7 Å². The van der Waals surface area contributed by atoms with Crippen LogP contribution in [-0.2, 0) is 7.05 Å². The van der Waals surface area contributed by atoms with Gasteiger partial charge in [0, 0.05) is 12.6 Å². The van der Waals surface area contributed by atoms with Crippen molar-refractivity contribution in [1.29, 1.82) is 5.26 Å². The molecule has 4 heteroatoms. The van der Waals surface area contributed by atoms with E-state index in [4.69, 9.17) is 4.74 Å². The van der Waals surface area contributed by atoms with E-state index in [-0.39, 0.29) is 0 Å². The molecule has 0 unspecified atom stereocenters. The maximum Gasteiger partial charge on any atom is 0.151 e. The molecule has 0 spiro atoms. The van der Waals surface area contributed by atoms with Gasteiger partial charge in [-0.1, -0.05) is 30.3 Å². The highest BCUT2D eigenvalue weighted by Crippen LogP contribution is 2.25. The highest BCUT2D eigenvalue weighted by atomic mass is 16.5. The van der Waals surface area contributed by atoms with Gasteiger partial charge in [0.1, 0.15) is 11.8 Å². The molecule has 0 aliphatic rings. The minimum Gasteiger partial charge on any atom is -0.496 e. The summed E-state index contributed by atoms with van der Waals surface area (Å²) in [5.41, 5.74) is 3.23. The number of rotatable bonds is 3. The molecule has 4 nitrogen and oxygen atoms in total. The van der Waals surface area contributed by atoms with Gasteiger partial charge in [-0.15, -0.1) is 0 Å². The molecule has 0 amide bonds. The number of para-hydroxylation sites is 3. The third kappa shape index (κ3) is 2.33. The van der Waals surface area contributed by atoms with E-state index < -0.39 is 0 Å². The molecule has 0 radical (unpaired) electrons. The number of hydrogen-bond acceptors (Lipinski definition) is 3. The molecule has 3 rings (SSSR count). The molecule has 0 aliphatic carbocycles. The van der Waals surface area contributed by atoms with Gasteiger partial charge in [0.2, 0.25) is 0 Å². The fourth-order valence-corrected chi connectivity index (χ4v) is 2.47. The van der Waals surface area contributed by atoms with Gasteiger partial charge in [-0.25, -0.2) is 4.98 Å². The standard InChI is InChI=1S/C18H15N3O/c1-21-16-9-5-4-8-15(16)20-18(21)14(12-19)11-13-7-3-6-10-17(13)22-2/h3-11H,1-2H3/b14-11+. The molecule has 1 heterocycles. The molecule has 0 saturated carbocycles. The van der Waals surface area contributed by atoms with Crippen molar-refractivity contribution in [3.8, 4) is 11.8 Å². The van der Waals surface area contributed by atoms with Crippen molar-refractivity contribution in [2.75, 3.05) is 7.11 Å².